The summed E-state index contributed by atoms with van der Waals surface area (Å²) in [6.07, 6.45) is 0. The smallest absolute Gasteiger partial charge is 0.243 e. The Morgan fingerprint density at radius 1 is 1.22 bits per heavy atom. The van der Waals surface area contributed by atoms with Gasteiger partial charge in [0.25, 0.3) is 0 Å². The van der Waals surface area contributed by atoms with Gasteiger partial charge in [-0.05, 0) is 32.0 Å². The Bertz CT molecular complexity index is 570. The summed E-state index contributed by atoms with van der Waals surface area (Å²) in [5.41, 5.74) is 8.57. The number of nitrogen functional groups attached to an aromatic ring is 1. The molecule has 0 aliphatic rings. The Morgan fingerprint density at radius 3 is 2.72 bits per heavy atom. The molecule has 0 amide bonds. The molecule has 4 N–H and O–H groups in total. The lowest BCUT2D eigenvalue weighted by Crippen LogP contribution is -2.07. The SMILES string of the molecule is Cc1nnc(NCc2cc(N)ccc2O)nc1C. The van der Waals surface area contributed by atoms with E-state index < -0.39 is 0 Å². The van der Waals surface area contributed by atoms with Crippen molar-refractivity contribution >= 4 is 11.6 Å². The second-order valence-electron chi connectivity index (χ2n) is 4.05. The average Bonchev–Trinajstić information content (AvgIpc) is 2.34. The van der Waals surface area contributed by atoms with Crippen LogP contribution < -0.4 is 11.1 Å². The van der Waals surface area contributed by atoms with Crippen molar-refractivity contribution in [3.8, 4) is 5.75 Å². The number of nitrogens with two attached hydrogens (primary N) is 1. The number of benzene rings is 1. The normalized spacial score (nSPS) is 10.3. The first-order valence-corrected chi connectivity index (χ1v) is 5.55. The zero-order valence-electron chi connectivity index (χ0n) is 10.3. The lowest BCUT2D eigenvalue weighted by molar-refractivity contribution is 0.469. The Balaban J connectivity index is 2.11. The molecule has 0 saturated heterocycles. The summed E-state index contributed by atoms with van der Waals surface area (Å²) in [5.74, 6) is 0.619. The fourth-order valence-corrected chi connectivity index (χ4v) is 1.45. The van der Waals surface area contributed by atoms with Crippen molar-refractivity contribution in [1.82, 2.24) is 15.2 Å². The molecule has 0 radical (unpaired) electrons. The number of anilines is 2. The van der Waals surface area contributed by atoms with Gasteiger partial charge in [0, 0.05) is 17.8 Å². The monoisotopic (exact) mass is 245 g/mol. The Hall–Kier alpha value is -2.37. The van der Waals surface area contributed by atoms with Gasteiger partial charge in [-0.25, -0.2) is 4.98 Å². The van der Waals surface area contributed by atoms with E-state index in [4.69, 9.17) is 5.73 Å². The van der Waals surface area contributed by atoms with Gasteiger partial charge in [0.1, 0.15) is 5.75 Å². The minimum absolute atomic E-state index is 0.188. The summed E-state index contributed by atoms with van der Waals surface area (Å²) < 4.78 is 0. The van der Waals surface area contributed by atoms with Crippen LogP contribution in [0, 0.1) is 13.8 Å². The second kappa shape index (κ2) is 4.87. The van der Waals surface area contributed by atoms with Crippen LogP contribution in [-0.4, -0.2) is 20.3 Å². The van der Waals surface area contributed by atoms with Crippen LogP contribution in [-0.2, 0) is 6.54 Å². The first-order valence-electron chi connectivity index (χ1n) is 5.55. The lowest BCUT2D eigenvalue weighted by Gasteiger charge is -2.08. The molecule has 1 aromatic carbocycles. The molecule has 6 nitrogen and oxygen atoms in total. The van der Waals surface area contributed by atoms with Crippen LogP contribution in [0.2, 0.25) is 0 Å². The van der Waals surface area contributed by atoms with E-state index in [9.17, 15) is 5.11 Å². The van der Waals surface area contributed by atoms with Crippen LogP contribution in [0.15, 0.2) is 18.2 Å². The van der Waals surface area contributed by atoms with Crippen LogP contribution in [0.4, 0.5) is 11.6 Å². The topological polar surface area (TPSA) is 97.0 Å². The van der Waals surface area contributed by atoms with E-state index >= 15 is 0 Å². The lowest BCUT2D eigenvalue weighted by atomic mass is 10.2. The summed E-state index contributed by atoms with van der Waals surface area (Å²) in [6.45, 7) is 4.11. The minimum Gasteiger partial charge on any atom is -0.508 e. The standard InChI is InChI=1S/C12H15N5O/c1-7-8(2)16-17-12(15-7)14-6-9-5-10(13)3-4-11(9)18/h3-5,18H,6,13H2,1-2H3,(H,14,15,17). The Morgan fingerprint density at radius 2 is 2.00 bits per heavy atom. The van der Waals surface area contributed by atoms with Crippen LogP contribution >= 0.6 is 0 Å². The number of aromatic nitrogens is 3. The Labute approximate surface area is 105 Å². The van der Waals surface area contributed by atoms with Crippen LogP contribution in [0.1, 0.15) is 17.0 Å². The maximum Gasteiger partial charge on any atom is 0.243 e. The van der Waals surface area contributed by atoms with Crippen molar-refractivity contribution < 1.29 is 5.11 Å². The summed E-state index contributed by atoms with van der Waals surface area (Å²) >= 11 is 0. The molecule has 1 heterocycles. The summed E-state index contributed by atoms with van der Waals surface area (Å²) in [5, 5.41) is 20.5. The second-order valence-corrected chi connectivity index (χ2v) is 4.05. The van der Waals surface area contributed by atoms with E-state index in [0.717, 1.165) is 11.4 Å². The van der Waals surface area contributed by atoms with Crippen molar-refractivity contribution in [1.29, 1.82) is 0 Å². The highest BCUT2D eigenvalue weighted by molar-refractivity contribution is 5.48. The molecule has 6 heteroatoms. The number of aryl methyl sites for hydroxylation is 2. The molecule has 94 valence electrons. The molecular weight excluding hydrogens is 230 g/mol. The first kappa shape index (κ1) is 12.1. The minimum atomic E-state index is 0.188. The van der Waals surface area contributed by atoms with E-state index in [-0.39, 0.29) is 5.75 Å². The number of hydrogen-bond acceptors (Lipinski definition) is 6. The van der Waals surface area contributed by atoms with Crippen molar-refractivity contribution in [3.63, 3.8) is 0 Å². The molecule has 1 aromatic heterocycles. The molecule has 0 unspecified atom stereocenters. The molecule has 18 heavy (non-hydrogen) atoms. The third-order valence-electron chi connectivity index (χ3n) is 2.63. The number of phenols is 1. The average molecular weight is 245 g/mol. The van der Waals surface area contributed by atoms with Crippen LogP contribution in [0.25, 0.3) is 0 Å². The number of aromatic hydroxyl groups is 1. The quantitative estimate of drug-likeness (QED) is 0.558. The van der Waals surface area contributed by atoms with Crippen LogP contribution in [0.3, 0.4) is 0 Å². The van der Waals surface area contributed by atoms with Gasteiger partial charge < -0.3 is 16.2 Å². The van der Waals surface area contributed by atoms with E-state index in [2.05, 4.69) is 20.5 Å². The molecule has 0 atom stereocenters. The third kappa shape index (κ3) is 2.65. The highest BCUT2D eigenvalue weighted by atomic mass is 16.3. The number of nitrogens with zero attached hydrogens (tertiary/aromatic N) is 3. The molecule has 0 aliphatic carbocycles. The van der Waals surface area contributed by atoms with E-state index in [1.165, 1.54) is 0 Å². The van der Waals surface area contributed by atoms with Gasteiger partial charge in [-0.1, -0.05) is 0 Å². The van der Waals surface area contributed by atoms with Gasteiger partial charge in [0.15, 0.2) is 0 Å². The first-order chi connectivity index (χ1) is 8.56. The molecule has 0 spiro atoms. The summed E-state index contributed by atoms with van der Waals surface area (Å²) in [7, 11) is 0. The number of hydrogen-bond donors (Lipinski definition) is 3. The molecule has 2 rings (SSSR count). The van der Waals surface area contributed by atoms with Crippen molar-refractivity contribution in [3.05, 3.63) is 35.2 Å². The largest absolute Gasteiger partial charge is 0.508 e. The Kier molecular flexibility index (Phi) is 3.27. The third-order valence-corrected chi connectivity index (χ3v) is 2.63. The van der Waals surface area contributed by atoms with Crippen molar-refractivity contribution in [2.24, 2.45) is 0 Å². The van der Waals surface area contributed by atoms with Crippen molar-refractivity contribution in [2.45, 2.75) is 20.4 Å². The van der Waals surface area contributed by atoms with Gasteiger partial charge >= 0.3 is 0 Å². The predicted octanol–water partition coefficient (Wildman–Crippen LogP) is 1.39. The summed E-state index contributed by atoms with van der Waals surface area (Å²) in [4.78, 5) is 4.24. The van der Waals surface area contributed by atoms with Gasteiger partial charge in [0.2, 0.25) is 5.95 Å². The zero-order chi connectivity index (χ0) is 13.1. The maximum absolute atomic E-state index is 9.66. The molecule has 0 saturated carbocycles. The fourth-order valence-electron chi connectivity index (χ4n) is 1.45. The highest BCUT2D eigenvalue weighted by Crippen LogP contribution is 2.20. The number of rotatable bonds is 3. The number of phenolic OH excluding ortho intramolecular Hbond substituents is 1. The summed E-state index contributed by atoms with van der Waals surface area (Å²) in [6, 6.07) is 4.91. The zero-order valence-corrected chi connectivity index (χ0v) is 10.3. The van der Waals surface area contributed by atoms with E-state index in [0.29, 0.717) is 23.7 Å². The van der Waals surface area contributed by atoms with Crippen LogP contribution in [0.5, 0.6) is 5.75 Å². The molecule has 0 aliphatic heterocycles. The van der Waals surface area contributed by atoms with Crippen molar-refractivity contribution in [2.75, 3.05) is 11.1 Å². The predicted molar refractivity (Wildman–Crippen MR) is 69.1 cm³/mol. The highest BCUT2D eigenvalue weighted by Gasteiger charge is 2.04. The molecule has 0 fully saturated rings. The molecule has 0 bridgehead atoms. The van der Waals surface area contributed by atoms with Gasteiger partial charge in [-0.2, -0.15) is 5.10 Å². The van der Waals surface area contributed by atoms with Gasteiger partial charge in [-0.15, -0.1) is 5.10 Å². The maximum atomic E-state index is 9.66. The van der Waals surface area contributed by atoms with E-state index in [1.54, 1.807) is 18.2 Å². The van der Waals surface area contributed by atoms with Gasteiger partial charge in [0.05, 0.1) is 11.4 Å². The van der Waals surface area contributed by atoms with E-state index in [1.807, 2.05) is 13.8 Å². The van der Waals surface area contributed by atoms with Gasteiger partial charge in [-0.3, -0.25) is 0 Å². The fraction of sp³-hybridized carbons (Fsp3) is 0.250. The number of nitrogens with one attached hydrogen (secondary N) is 1. The molecular formula is C12H15N5O. The molecule has 2 aromatic rings.